The maximum absolute atomic E-state index is 12.1. The smallest absolute Gasteiger partial charge is 0.339 e. The van der Waals surface area contributed by atoms with Gasteiger partial charge < -0.3 is 24.6 Å². The van der Waals surface area contributed by atoms with Crippen molar-refractivity contribution in [1.82, 2.24) is 4.90 Å². The molecule has 32 heavy (non-hydrogen) atoms. The summed E-state index contributed by atoms with van der Waals surface area (Å²) in [5.74, 6) is -1.10. The summed E-state index contributed by atoms with van der Waals surface area (Å²) in [6.07, 6.45) is 0. The van der Waals surface area contributed by atoms with Crippen LogP contribution in [0, 0.1) is 10.1 Å². The lowest BCUT2D eigenvalue weighted by atomic mass is 10.1. The van der Waals surface area contributed by atoms with Crippen LogP contribution in [-0.4, -0.2) is 67.3 Å². The Kier molecular flexibility index (Phi) is 7.21. The van der Waals surface area contributed by atoms with Crippen LogP contribution in [0.5, 0.6) is 0 Å². The van der Waals surface area contributed by atoms with Crippen LogP contribution in [0.3, 0.4) is 0 Å². The van der Waals surface area contributed by atoms with Crippen molar-refractivity contribution in [2.24, 2.45) is 0 Å². The number of ether oxygens (including phenoxy) is 2. The number of piperazine rings is 1. The van der Waals surface area contributed by atoms with Crippen LogP contribution in [0.25, 0.3) is 0 Å². The molecule has 1 saturated heterocycles. The molecule has 168 valence electrons. The molecule has 2 aromatic carbocycles. The molecule has 2 aromatic rings. The normalized spacial score (nSPS) is 13.3. The van der Waals surface area contributed by atoms with E-state index in [9.17, 15) is 19.7 Å². The number of carbonyl (C=O) groups excluding carboxylic acids is 2. The van der Waals surface area contributed by atoms with Crippen LogP contribution >= 0.6 is 12.2 Å². The molecule has 11 heteroatoms. The van der Waals surface area contributed by atoms with Crippen LogP contribution in [-0.2, 0) is 9.47 Å². The van der Waals surface area contributed by atoms with Gasteiger partial charge in [-0.25, -0.2) is 9.59 Å². The molecule has 1 aliphatic rings. The predicted octanol–water partition coefficient (Wildman–Crippen LogP) is 2.69. The Balaban J connectivity index is 1.68. The number of anilines is 2. The second-order valence-electron chi connectivity index (χ2n) is 6.92. The monoisotopic (exact) mass is 458 g/mol. The Morgan fingerprint density at radius 1 is 1.00 bits per heavy atom. The summed E-state index contributed by atoms with van der Waals surface area (Å²) >= 11 is 5.53. The summed E-state index contributed by atoms with van der Waals surface area (Å²) < 4.78 is 9.56. The highest BCUT2D eigenvalue weighted by atomic mass is 32.1. The molecule has 0 bridgehead atoms. The highest BCUT2D eigenvalue weighted by Crippen LogP contribution is 2.23. The zero-order valence-corrected chi connectivity index (χ0v) is 18.4. The molecule has 1 aliphatic heterocycles. The van der Waals surface area contributed by atoms with E-state index >= 15 is 0 Å². The lowest BCUT2D eigenvalue weighted by molar-refractivity contribution is -0.384. The van der Waals surface area contributed by atoms with Gasteiger partial charge in [0.05, 0.1) is 36.0 Å². The first-order valence-corrected chi connectivity index (χ1v) is 10.1. The van der Waals surface area contributed by atoms with Gasteiger partial charge in [-0.2, -0.15) is 0 Å². The van der Waals surface area contributed by atoms with Crippen LogP contribution in [0.4, 0.5) is 17.1 Å². The zero-order valence-electron chi connectivity index (χ0n) is 17.6. The number of benzene rings is 2. The topological polar surface area (TPSA) is 114 Å². The van der Waals surface area contributed by atoms with Crippen molar-refractivity contribution in [1.29, 1.82) is 0 Å². The summed E-state index contributed by atoms with van der Waals surface area (Å²) in [6, 6.07) is 10.9. The Morgan fingerprint density at radius 3 is 2.19 bits per heavy atom. The third kappa shape index (κ3) is 5.11. The number of carbonyl (C=O) groups is 2. The number of non-ortho nitro benzene ring substituents is 1. The van der Waals surface area contributed by atoms with E-state index in [-0.39, 0.29) is 16.8 Å². The number of methoxy groups -OCH3 is 2. The number of hydrogen-bond acceptors (Lipinski definition) is 8. The van der Waals surface area contributed by atoms with Crippen molar-refractivity contribution in [3.05, 3.63) is 63.7 Å². The quantitative estimate of drug-likeness (QED) is 0.310. The summed E-state index contributed by atoms with van der Waals surface area (Å²) in [5.41, 5.74) is 1.81. The first-order valence-electron chi connectivity index (χ1n) is 9.70. The van der Waals surface area contributed by atoms with Crippen LogP contribution < -0.4 is 10.2 Å². The van der Waals surface area contributed by atoms with Gasteiger partial charge in [-0.15, -0.1) is 0 Å². The Bertz CT molecular complexity index is 1040. The molecule has 0 aromatic heterocycles. The number of thiocarbonyl (C=S) groups is 1. The molecule has 0 unspecified atom stereocenters. The fourth-order valence-corrected chi connectivity index (χ4v) is 3.62. The number of rotatable bonds is 5. The second kappa shape index (κ2) is 10.1. The molecule has 3 rings (SSSR count). The third-order valence-corrected chi connectivity index (χ3v) is 5.44. The first kappa shape index (κ1) is 22.9. The zero-order chi connectivity index (χ0) is 23.3. The summed E-state index contributed by atoms with van der Waals surface area (Å²) in [4.78, 5) is 38.5. The number of nitrogens with one attached hydrogen (secondary N) is 1. The minimum absolute atomic E-state index is 0.0494. The number of nitro benzene ring substituents is 1. The van der Waals surface area contributed by atoms with Gasteiger partial charge in [0.15, 0.2) is 5.11 Å². The maximum atomic E-state index is 12.1. The molecule has 0 amide bonds. The maximum Gasteiger partial charge on any atom is 0.339 e. The molecule has 1 fully saturated rings. The van der Waals surface area contributed by atoms with Crippen molar-refractivity contribution in [3.63, 3.8) is 0 Å². The van der Waals surface area contributed by atoms with Gasteiger partial charge >= 0.3 is 11.9 Å². The SMILES string of the molecule is COC(=O)c1ccc(C(=O)OC)c(NC(=S)N2CCN(c3ccc([N+](=O)[O-])cc3)CC2)c1. The van der Waals surface area contributed by atoms with E-state index < -0.39 is 16.9 Å². The Labute approximate surface area is 189 Å². The predicted molar refractivity (Wildman–Crippen MR) is 122 cm³/mol. The molecule has 0 radical (unpaired) electrons. The second-order valence-corrected chi connectivity index (χ2v) is 7.31. The molecule has 1 N–H and O–H groups in total. The van der Waals surface area contributed by atoms with Crippen molar-refractivity contribution < 1.29 is 24.0 Å². The van der Waals surface area contributed by atoms with Gasteiger partial charge in [-0.3, -0.25) is 10.1 Å². The van der Waals surface area contributed by atoms with E-state index in [1.54, 1.807) is 12.1 Å². The van der Waals surface area contributed by atoms with Gasteiger partial charge in [0, 0.05) is 44.0 Å². The molecule has 1 heterocycles. The molecule has 10 nitrogen and oxygen atoms in total. The fraction of sp³-hybridized carbons (Fsp3) is 0.286. The van der Waals surface area contributed by atoms with Crippen molar-refractivity contribution >= 4 is 46.3 Å². The molecular weight excluding hydrogens is 436 g/mol. The van der Waals surface area contributed by atoms with Crippen molar-refractivity contribution in [2.75, 3.05) is 50.6 Å². The van der Waals surface area contributed by atoms with E-state index in [1.165, 1.54) is 44.6 Å². The lowest BCUT2D eigenvalue weighted by Crippen LogP contribution is -2.50. The Hall–Kier alpha value is -3.73. The van der Waals surface area contributed by atoms with Crippen LogP contribution in [0.1, 0.15) is 20.7 Å². The Morgan fingerprint density at radius 2 is 1.62 bits per heavy atom. The minimum Gasteiger partial charge on any atom is -0.465 e. The van der Waals surface area contributed by atoms with Gasteiger partial charge in [0.1, 0.15) is 0 Å². The van der Waals surface area contributed by atoms with Gasteiger partial charge in [-0.1, -0.05) is 0 Å². The highest BCUT2D eigenvalue weighted by molar-refractivity contribution is 7.80. The number of nitro groups is 1. The van der Waals surface area contributed by atoms with E-state index in [0.717, 1.165) is 5.69 Å². The number of hydrogen-bond donors (Lipinski definition) is 1. The standard InChI is InChI=1S/C21H22N4O6S/c1-30-19(26)14-3-8-17(20(27)31-2)18(13-14)22-21(32)24-11-9-23(10-12-24)15-4-6-16(7-5-15)25(28)29/h3-8,13H,9-12H2,1-2H3,(H,22,32). The van der Waals surface area contributed by atoms with Crippen LogP contribution in [0.15, 0.2) is 42.5 Å². The molecule has 0 saturated carbocycles. The number of esters is 2. The summed E-state index contributed by atoms with van der Waals surface area (Å²) in [5, 5.41) is 14.3. The van der Waals surface area contributed by atoms with Crippen molar-refractivity contribution in [3.8, 4) is 0 Å². The molecule has 0 atom stereocenters. The van der Waals surface area contributed by atoms with E-state index in [1.807, 2.05) is 4.90 Å². The van der Waals surface area contributed by atoms with Crippen LogP contribution in [0.2, 0.25) is 0 Å². The number of nitrogens with zero attached hydrogens (tertiary/aromatic N) is 3. The molecule has 0 spiro atoms. The summed E-state index contributed by atoms with van der Waals surface area (Å²) in [6.45, 7) is 2.53. The largest absolute Gasteiger partial charge is 0.465 e. The average Bonchev–Trinajstić information content (AvgIpc) is 2.83. The molecular formula is C21H22N4O6S. The third-order valence-electron chi connectivity index (χ3n) is 5.08. The van der Waals surface area contributed by atoms with Gasteiger partial charge in [0.2, 0.25) is 0 Å². The highest BCUT2D eigenvalue weighted by Gasteiger charge is 2.22. The first-order chi connectivity index (χ1) is 15.3. The average molecular weight is 458 g/mol. The van der Waals surface area contributed by atoms with Gasteiger partial charge in [0.25, 0.3) is 5.69 Å². The minimum atomic E-state index is -0.560. The molecule has 0 aliphatic carbocycles. The van der Waals surface area contributed by atoms with E-state index in [4.69, 9.17) is 21.7 Å². The van der Waals surface area contributed by atoms with Gasteiger partial charge in [-0.05, 0) is 42.5 Å². The van der Waals surface area contributed by atoms with E-state index in [2.05, 4.69) is 10.2 Å². The fourth-order valence-electron chi connectivity index (χ4n) is 3.33. The van der Waals surface area contributed by atoms with Crippen molar-refractivity contribution in [2.45, 2.75) is 0 Å². The van der Waals surface area contributed by atoms with E-state index in [0.29, 0.717) is 37.0 Å². The summed E-state index contributed by atoms with van der Waals surface area (Å²) in [7, 11) is 2.55. The lowest BCUT2D eigenvalue weighted by Gasteiger charge is -2.37.